The molecule has 9 nitrogen and oxygen atoms in total. The van der Waals surface area contributed by atoms with E-state index in [9.17, 15) is 14.9 Å². The van der Waals surface area contributed by atoms with Crippen molar-refractivity contribution >= 4 is 33.4 Å². The van der Waals surface area contributed by atoms with Gasteiger partial charge in [0.15, 0.2) is 0 Å². The number of carbonyl (C=O) groups excluding carboxylic acids is 1. The molecule has 0 bridgehead atoms. The number of nitrogens with zero attached hydrogens (tertiary/aromatic N) is 4. The van der Waals surface area contributed by atoms with E-state index in [4.69, 9.17) is 15.8 Å². The first-order valence-corrected chi connectivity index (χ1v) is 11.3. The molecule has 3 heterocycles. The van der Waals surface area contributed by atoms with Gasteiger partial charge >= 0.3 is 0 Å². The van der Waals surface area contributed by atoms with Gasteiger partial charge in [-0.3, -0.25) is 14.2 Å². The number of piperidine rings is 1. The number of anilines is 1. The number of aliphatic hydroxyl groups is 1. The third-order valence-electron chi connectivity index (χ3n) is 5.44. The summed E-state index contributed by atoms with van der Waals surface area (Å²) in [5, 5.41) is 21.0. The fourth-order valence-electron chi connectivity index (χ4n) is 3.88. The number of rotatable bonds is 6. The molecular weight excluding hydrogens is 428 g/mol. The summed E-state index contributed by atoms with van der Waals surface area (Å²) < 4.78 is 1.95. The molecule has 1 fully saturated rings. The summed E-state index contributed by atoms with van der Waals surface area (Å²) >= 11 is 1.08. The number of aliphatic hydroxyl groups excluding tert-OH is 1. The van der Waals surface area contributed by atoms with Crippen LogP contribution in [-0.4, -0.2) is 52.8 Å². The van der Waals surface area contributed by atoms with E-state index in [0.717, 1.165) is 36.3 Å². The minimum absolute atomic E-state index is 0.0153. The molecule has 3 aromatic rings. The predicted octanol–water partition coefficient (Wildman–Crippen LogP) is 1.03. The maximum Gasteiger partial charge on any atom is 0.273 e. The highest BCUT2D eigenvalue weighted by Gasteiger charge is 2.24. The van der Waals surface area contributed by atoms with E-state index in [1.165, 1.54) is 0 Å². The molecule has 32 heavy (non-hydrogen) atoms. The van der Waals surface area contributed by atoms with Gasteiger partial charge in [0.2, 0.25) is 5.95 Å². The molecule has 10 heteroatoms. The van der Waals surface area contributed by atoms with Gasteiger partial charge in [-0.15, -0.1) is 11.3 Å². The van der Waals surface area contributed by atoms with Crippen molar-refractivity contribution in [1.29, 1.82) is 5.26 Å². The molecule has 4 rings (SSSR count). The molecule has 1 aliphatic heterocycles. The van der Waals surface area contributed by atoms with Gasteiger partial charge in [0, 0.05) is 25.7 Å². The molecule has 0 saturated carbocycles. The van der Waals surface area contributed by atoms with Crippen LogP contribution in [0.15, 0.2) is 35.1 Å². The van der Waals surface area contributed by atoms with Crippen LogP contribution >= 0.6 is 11.3 Å². The van der Waals surface area contributed by atoms with Crippen molar-refractivity contribution in [2.75, 3.05) is 31.1 Å². The number of fused-ring (bicyclic) bond motifs is 1. The van der Waals surface area contributed by atoms with Crippen molar-refractivity contribution in [3.63, 3.8) is 0 Å². The molecule has 1 atom stereocenters. The average molecular weight is 453 g/mol. The SMILES string of the molecule is N#Cc1ccccc1Cn1c(N2CCC[C@@H](N)C2)nc2cc(C(=O)NCCO)sc2c1=O. The van der Waals surface area contributed by atoms with Gasteiger partial charge < -0.3 is 21.1 Å². The van der Waals surface area contributed by atoms with Crippen LogP contribution in [0.2, 0.25) is 0 Å². The number of hydrogen-bond acceptors (Lipinski definition) is 8. The first kappa shape index (κ1) is 22.0. The third-order valence-corrected chi connectivity index (χ3v) is 6.55. The Morgan fingerprint density at radius 3 is 2.97 bits per heavy atom. The first-order valence-electron chi connectivity index (χ1n) is 10.4. The molecule has 166 valence electrons. The van der Waals surface area contributed by atoms with Crippen molar-refractivity contribution in [3.8, 4) is 6.07 Å². The van der Waals surface area contributed by atoms with E-state index in [0.29, 0.717) is 33.2 Å². The summed E-state index contributed by atoms with van der Waals surface area (Å²) in [5.41, 5.74) is 7.59. The maximum absolute atomic E-state index is 13.5. The minimum Gasteiger partial charge on any atom is -0.395 e. The van der Waals surface area contributed by atoms with Crippen LogP contribution < -0.4 is 21.5 Å². The maximum atomic E-state index is 13.5. The Morgan fingerprint density at radius 2 is 2.22 bits per heavy atom. The van der Waals surface area contributed by atoms with E-state index in [1.54, 1.807) is 22.8 Å². The molecule has 0 unspecified atom stereocenters. The zero-order valence-electron chi connectivity index (χ0n) is 17.5. The Morgan fingerprint density at radius 1 is 1.41 bits per heavy atom. The Hall–Kier alpha value is -3.26. The standard InChI is InChI=1S/C22H24N6O3S/c23-11-14-4-1-2-5-15(14)12-28-21(31)19-17(10-18(32-19)20(30)25-7-9-29)26-22(28)27-8-3-6-16(24)13-27/h1-2,4-5,10,16,29H,3,6-9,12-13,24H2,(H,25,30)/t16-/m1/s1. The zero-order chi connectivity index (χ0) is 22.7. The summed E-state index contributed by atoms with van der Waals surface area (Å²) in [7, 11) is 0. The molecule has 1 saturated heterocycles. The second kappa shape index (κ2) is 9.48. The zero-order valence-corrected chi connectivity index (χ0v) is 18.3. The fraction of sp³-hybridized carbons (Fsp3) is 0.364. The summed E-state index contributed by atoms with van der Waals surface area (Å²) in [6.07, 6.45) is 1.80. The summed E-state index contributed by atoms with van der Waals surface area (Å²) in [6, 6.07) is 10.9. The van der Waals surface area contributed by atoms with E-state index in [2.05, 4.69) is 11.4 Å². The van der Waals surface area contributed by atoms with Crippen LogP contribution in [0.1, 0.15) is 33.6 Å². The molecule has 1 aliphatic rings. The normalized spacial score (nSPS) is 16.2. The molecule has 0 radical (unpaired) electrons. The van der Waals surface area contributed by atoms with Crippen LogP contribution in [0.4, 0.5) is 5.95 Å². The lowest BCUT2D eigenvalue weighted by Gasteiger charge is -2.33. The average Bonchev–Trinajstić information content (AvgIpc) is 3.24. The number of nitrogens with two attached hydrogens (primary N) is 1. The van der Waals surface area contributed by atoms with Crippen LogP contribution in [0.25, 0.3) is 10.2 Å². The van der Waals surface area contributed by atoms with Crippen molar-refractivity contribution in [2.45, 2.75) is 25.4 Å². The Balaban J connectivity index is 1.84. The number of nitriles is 1. The number of benzene rings is 1. The van der Waals surface area contributed by atoms with E-state index >= 15 is 0 Å². The van der Waals surface area contributed by atoms with Crippen LogP contribution in [0, 0.1) is 11.3 Å². The van der Waals surface area contributed by atoms with Crippen LogP contribution in [0.3, 0.4) is 0 Å². The Labute approximate surface area is 188 Å². The smallest absolute Gasteiger partial charge is 0.273 e. The molecular formula is C22H24N6O3S. The van der Waals surface area contributed by atoms with Gasteiger partial charge in [-0.05, 0) is 30.5 Å². The van der Waals surface area contributed by atoms with Crippen LogP contribution in [0.5, 0.6) is 0 Å². The van der Waals surface area contributed by atoms with Crippen molar-refractivity contribution in [2.24, 2.45) is 5.73 Å². The van der Waals surface area contributed by atoms with Crippen LogP contribution in [-0.2, 0) is 6.54 Å². The second-order valence-corrected chi connectivity index (χ2v) is 8.78. The molecule has 0 spiro atoms. The Bertz CT molecular complexity index is 1240. The second-order valence-electron chi connectivity index (χ2n) is 7.72. The molecule has 0 aliphatic carbocycles. The largest absolute Gasteiger partial charge is 0.395 e. The van der Waals surface area contributed by atoms with Crippen molar-refractivity contribution < 1.29 is 9.90 Å². The molecule has 4 N–H and O–H groups in total. The molecule has 1 amide bonds. The van der Waals surface area contributed by atoms with E-state index in [-0.39, 0.29) is 37.2 Å². The quantitative estimate of drug-likeness (QED) is 0.508. The van der Waals surface area contributed by atoms with Crippen molar-refractivity contribution in [3.05, 3.63) is 56.7 Å². The highest BCUT2D eigenvalue weighted by atomic mass is 32.1. The highest BCUT2D eigenvalue weighted by Crippen LogP contribution is 2.26. The van der Waals surface area contributed by atoms with Gasteiger partial charge in [0.25, 0.3) is 11.5 Å². The number of aromatic nitrogens is 2. The first-order chi connectivity index (χ1) is 15.5. The highest BCUT2D eigenvalue weighted by molar-refractivity contribution is 7.20. The Kier molecular flexibility index (Phi) is 6.50. The molecule has 2 aromatic heterocycles. The van der Waals surface area contributed by atoms with Gasteiger partial charge in [-0.25, -0.2) is 4.98 Å². The lowest BCUT2D eigenvalue weighted by Crippen LogP contribution is -2.45. The van der Waals surface area contributed by atoms with Gasteiger partial charge in [0.1, 0.15) is 4.70 Å². The third kappa shape index (κ3) is 4.36. The lowest BCUT2D eigenvalue weighted by atomic mass is 10.1. The number of hydrogen-bond donors (Lipinski definition) is 3. The topological polar surface area (TPSA) is 137 Å². The number of carbonyl (C=O) groups is 1. The predicted molar refractivity (Wildman–Crippen MR) is 123 cm³/mol. The van der Waals surface area contributed by atoms with E-state index < -0.39 is 0 Å². The van der Waals surface area contributed by atoms with Gasteiger partial charge in [0.05, 0.1) is 35.2 Å². The minimum atomic E-state index is -0.357. The summed E-state index contributed by atoms with van der Waals surface area (Å²) in [5.74, 6) is 0.134. The van der Waals surface area contributed by atoms with E-state index in [1.807, 2.05) is 17.0 Å². The van der Waals surface area contributed by atoms with Crippen molar-refractivity contribution in [1.82, 2.24) is 14.9 Å². The fourth-order valence-corrected chi connectivity index (χ4v) is 4.84. The van der Waals surface area contributed by atoms with Gasteiger partial charge in [-0.2, -0.15) is 5.26 Å². The lowest BCUT2D eigenvalue weighted by molar-refractivity contribution is 0.0949. The van der Waals surface area contributed by atoms with Gasteiger partial charge in [-0.1, -0.05) is 18.2 Å². The number of thiophene rings is 1. The molecule has 1 aromatic carbocycles. The number of amides is 1. The number of nitrogens with one attached hydrogen (secondary N) is 1. The summed E-state index contributed by atoms with van der Waals surface area (Å²) in [4.78, 5) is 33.0. The monoisotopic (exact) mass is 452 g/mol. The summed E-state index contributed by atoms with van der Waals surface area (Å²) in [6.45, 7) is 1.45.